The maximum Gasteiger partial charge on any atom is 0.417 e. The van der Waals surface area contributed by atoms with Crippen molar-refractivity contribution in [3.8, 4) is 0 Å². The van der Waals surface area contributed by atoms with E-state index in [0.717, 1.165) is 23.9 Å². The first-order valence-electron chi connectivity index (χ1n) is 7.25. The number of carbonyl (C=O) groups excluding carboxylic acids is 1. The van der Waals surface area contributed by atoms with E-state index in [9.17, 15) is 18.0 Å². The minimum atomic E-state index is -4.61. The van der Waals surface area contributed by atoms with Crippen molar-refractivity contribution < 1.29 is 22.4 Å². The average Bonchev–Trinajstić information content (AvgIpc) is 3.26. The molecule has 0 spiro atoms. The first-order chi connectivity index (χ1) is 12.8. The highest BCUT2D eigenvalue weighted by Crippen LogP contribution is 2.36. The van der Waals surface area contributed by atoms with Gasteiger partial charge in [0.2, 0.25) is 11.8 Å². The summed E-state index contributed by atoms with van der Waals surface area (Å²) < 4.78 is 45.3. The van der Waals surface area contributed by atoms with Gasteiger partial charge in [-0.1, -0.05) is 23.4 Å². The van der Waals surface area contributed by atoms with Crippen molar-refractivity contribution >= 4 is 35.0 Å². The summed E-state index contributed by atoms with van der Waals surface area (Å²) in [6.07, 6.45) is -1.78. The van der Waals surface area contributed by atoms with E-state index in [2.05, 4.69) is 25.6 Å². The molecule has 27 heavy (non-hydrogen) atoms. The Morgan fingerprint density at radius 3 is 2.85 bits per heavy atom. The summed E-state index contributed by atoms with van der Waals surface area (Å²) in [6, 6.07) is 3.12. The number of halogens is 4. The molecule has 2 aromatic heterocycles. The molecule has 2 heterocycles. The Bertz CT molecular complexity index is 931. The molecule has 0 aliphatic carbocycles. The van der Waals surface area contributed by atoms with Crippen LogP contribution in [0, 0.1) is 0 Å². The number of nitrogens with one attached hydrogen (secondary N) is 1. The monoisotopic (exact) mass is 418 g/mol. The van der Waals surface area contributed by atoms with Crippen molar-refractivity contribution in [2.75, 3.05) is 11.1 Å². The Hall–Kier alpha value is -2.60. The quantitative estimate of drug-likeness (QED) is 0.614. The van der Waals surface area contributed by atoms with E-state index in [-0.39, 0.29) is 29.1 Å². The molecule has 8 nitrogen and oxygen atoms in total. The number of thioether (sulfide) groups is 1. The Morgan fingerprint density at radius 1 is 1.33 bits per heavy atom. The van der Waals surface area contributed by atoms with Crippen LogP contribution in [0.3, 0.4) is 0 Å². The summed E-state index contributed by atoms with van der Waals surface area (Å²) >= 11 is 6.49. The molecular weight excluding hydrogens is 409 g/mol. The van der Waals surface area contributed by atoms with Crippen LogP contribution in [0.5, 0.6) is 0 Å². The van der Waals surface area contributed by atoms with Crippen LogP contribution < -0.4 is 5.32 Å². The van der Waals surface area contributed by atoms with Crippen LogP contribution in [0.15, 0.2) is 40.5 Å². The fourth-order valence-electron chi connectivity index (χ4n) is 1.96. The molecule has 0 radical (unpaired) electrons. The first-order valence-corrected chi connectivity index (χ1v) is 8.62. The lowest BCUT2D eigenvalue weighted by Gasteiger charge is -2.11. The van der Waals surface area contributed by atoms with Crippen LogP contribution in [0.1, 0.15) is 11.5 Å². The lowest BCUT2D eigenvalue weighted by Crippen LogP contribution is -2.15. The molecule has 3 aromatic rings. The van der Waals surface area contributed by atoms with E-state index in [0.29, 0.717) is 0 Å². The molecule has 1 N–H and O–H groups in total. The second-order valence-electron chi connectivity index (χ2n) is 5.08. The van der Waals surface area contributed by atoms with Gasteiger partial charge < -0.3 is 9.73 Å². The summed E-state index contributed by atoms with van der Waals surface area (Å²) in [5.41, 5.74) is -1.04. The van der Waals surface area contributed by atoms with E-state index in [1.807, 2.05) is 0 Å². The Labute approximate surface area is 159 Å². The van der Waals surface area contributed by atoms with Gasteiger partial charge in [-0.2, -0.15) is 18.3 Å². The van der Waals surface area contributed by atoms with Crippen molar-refractivity contribution in [3.05, 3.63) is 47.3 Å². The maximum atomic E-state index is 12.8. The molecule has 0 atom stereocenters. The van der Waals surface area contributed by atoms with E-state index in [1.165, 1.54) is 23.4 Å². The average molecular weight is 419 g/mol. The molecule has 0 saturated carbocycles. The van der Waals surface area contributed by atoms with Crippen LogP contribution in [0.25, 0.3) is 0 Å². The number of benzene rings is 1. The fourth-order valence-corrected chi connectivity index (χ4v) is 2.76. The number of amides is 1. The minimum Gasteiger partial charge on any atom is -0.414 e. The molecule has 3 rings (SSSR count). The van der Waals surface area contributed by atoms with Crippen molar-refractivity contribution in [2.45, 2.75) is 17.9 Å². The molecule has 0 aliphatic heterocycles. The maximum absolute atomic E-state index is 12.8. The van der Waals surface area contributed by atoms with E-state index in [4.69, 9.17) is 16.0 Å². The molecule has 1 amide bonds. The highest BCUT2D eigenvalue weighted by molar-refractivity contribution is 7.99. The number of anilines is 1. The van der Waals surface area contributed by atoms with Crippen molar-refractivity contribution in [1.29, 1.82) is 0 Å². The van der Waals surface area contributed by atoms with Crippen LogP contribution in [-0.4, -0.2) is 36.6 Å². The Morgan fingerprint density at radius 2 is 2.15 bits per heavy atom. The summed E-state index contributed by atoms with van der Waals surface area (Å²) in [5.74, 6) is -0.392. The SMILES string of the molecule is O=C(CSc1nnc(Cn2cncn2)o1)Nc1ccc(Cl)c(C(F)(F)F)c1. The third-order valence-electron chi connectivity index (χ3n) is 3.09. The number of nitrogens with zero attached hydrogens (tertiary/aromatic N) is 5. The zero-order valence-electron chi connectivity index (χ0n) is 13.3. The highest BCUT2D eigenvalue weighted by Gasteiger charge is 2.33. The second kappa shape index (κ2) is 7.96. The third-order valence-corrected chi connectivity index (χ3v) is 4.24. The fraction of sp³-hybridized carbons (Fsp3) is 0.214. The number of carbonyl (C=O) groups is 1. The molecule has 0 unspecified atom stereocenters. The van der Waals surface area contributed by atoms with E-state index in [1.54, 1.807) is 0 Å². The van der Waals surface area contributed by atoms with Gasteiger partial charge in [0.25, 0.3) is 5.22 Å². The van der Waals surface area contributed by atoms with Gasteiger partial charge in [-0.05, 0) is 18.2 Å². The molecule has 0 aliphatic rings. The van der Waals surface area contributed by atoms with E-state index < -0.39 is 22.7 Å². The third kappa shape index (κ3) is 5.20. The zero-order valence-corrected chi connectivity index (χ0v) is 14.8. The van der Waals surface area contributed by atoms with Crippen molar-refractivity contribution in [3.63, 3.8) is 0 Å². The number of aromatic nitrogens is 5. The van der Waals surface area contributed by atoms with Gasteiger partial charge in [-0.3, -0.25) is 4.79 Å². The minimum absolute atomic E-state index is 0.0188. The van der Waals surface area contributed by atoms with Gasteiger partial charge in [0.05, 0.1) is 16.3 Å². The van der Waals surface area contributed by atoms with Gasteiger partial charge in [-0.25, -0.2) is 9.67 Å². The number of hydrogen-bond acceptors (Lipinski definition) is 7. The van der Waals surface area contributed by atoms with Crippen LogP contribution in [-0.2, 0) is 17.5 Å². The normalized spacial score (nSPS) is 11.6. The summed E-state index contributed by atoms with van der Waals surface area (Å²) in [6.45, 7) is 0.227. The summed E-state index contributed by atoms with van der Waals surface area (Å²) in [5, 5.41) is 13.5. The number of rotatable bonds is 6. The topological polar surface area (TPSA) is 98.7 Å². The summed E-state index contributed by atoms with van der Waals surface area (Å²) in [7, 11) is 0. The molecule has 1 aromatic carbocycles. The molecule has 142 valence electrons. The highest BCUT2D eigenvalue weighted by atomic mass is 35.5. The summed E-state index contributed by atoms with van der Waals surface area (Å²) in [4.78, 5) is 15.7. The van der Waals surface area contributed by atoms with Crippen LogP contribution in [0.2, 0.25) is 5.02 Å². The van der Waals surface area contributed by atoms with Crippen molar-refractivity contribution in [2.24, 2.45) is 0 Å². The smallest absolute Gasteiger partial charge is 0.414 e. The predicted octanol–water partition coefficient (Wildman–Crippen LogP) is 3.11. The van der Waals surface area contributed by atoms with Gasteiger partial charge >= 0.3 is 6.18 Å². The largest absolute Gasteiger partial charge is 0.417 e. The van der Waals surface area contributed by atoms with Crippen molar-refractivity contribution in [1.82, 2.24) is 25.0 Å². The molecule has 0 fully saturated rings. The van der Waals surface area contributed by atoms with Gasteiger partial charge in [-0.15, -0.1) is 10.2 Å². The first kappa shape index (κ1) is 19.2. The van der Waals surface area contributed by atoms with Crippen LogP contribution >= 0.6 is 23.4 Å². The van der Waals surface area contributed by atoms with Gasteiger partial charge in [0, 0.05) is 5.69 Å². The molecule has 0 saturated heterocycles. The van der Waals surface area contributed by atoms with Gasteiger partial charge in [0.1, 0.15) is 19.2 Å². The molecule has 0 bridgehead atoms. The van der Waals surface area contributed by atoms with E-state index >= 15 is 0 Å². The molecular formula is C14H10ClF3N6O2S. The standard InChI is InChI=1S/C14H10ClF3N6O2S/c15-10-2-1-8(3-9(10)14(16,17)18)21-11(25)5-27-13-23-22-12(26-13)4-24-7-19-6-20-24/h1-3,6-7H,4-5H2,(H,21,25). The zero-order chi connectivity index (χ0) is 19.4. The lowest BCUT2D eigenvalue weighted by molar-refractivity contribution is -0.137. The Balaban J connectivity index is 1.55. The number of alkyl halides is 3. The van der Waals surface area contributed by atoms with Gasteiger partial charge in [0.15, 0.2) is 0 Å². The van der Waals surface area contributed by atoms with Crippen LogP contribution in [0.4, 0.5) is 18.9 Å². The Kier molecular flexibility index (Phi) is 5.65. The second-order valence-corrected chi connectivity index (χ2v) is 6.42. The molecule has 13 heteroatoms. The lowest BCUT2D eigenvalue weighted by atomic mass is 10.2. The predicted molar refractivity (Wildman–Crippen MR) is 89.2 cm³/mol. The number of hydrogen-bond donors (Lipinski definition) is 1.